The molecule has 5 N–H and O–H groups in total. The van der Waals surface area contributed by atoms with Crippen molar-refractivity contribution in [1.29, 1.82) is 0 Å². The number of aliphatic carboxylic acids is 1. The summed E-state index contributed by atoms with van der Waals surface area (Å²) in [7, 11) is 0. The van der Waals surface area contributed by atoms with Crippen LogP contribution in [0.25, 0.3) is 0 Å². The maximum absolute atomic E-state index is 12.9. The quantitative estimate of drug-likeness (QED) is 0.185. The van der Waals surface area contributed by atoms with Gasteiger partial charge < -0.3 is 26.1 Å². The number of amides is 5. The fourth-order valence-electron chi connectivity index (χ4n) is 3.67. The molecule has 0 saturated carbocycles. The number of β-lactam (4-membered cyclic amide) rings is 1. The van der Waals surface area contributed by atoms with Gasteiger partial charge in [-0.25, -0.2) is 19.5 Å². The Morgan fingerprint density at radius 2 is 2.03 bits per heavy atom. The Balaban J connectivity index is 1.75. The molecular weight excluding hydrogens is 472 g/mol. The molecule has 0 spiro atoms. The molecule has 1 aromatic rings. The second-order valence-corrected chi connectivity index (χ2v) is 9.43. The largest absolute Gasteiger partial charge is 0.523 e. The number of carboxylic acids is 1. The van der Waals surface area contributed by atoms with Crippen LogP contribution in [0.15, 0.2) is 10.5 Å². The minimum absolute atomic E-state index is 0.00201. The van der Waals surface area contributed by atoms with E-state index in [4.69, 9.17) is 10.6 Å². The van der Waals surface area contributed by atoms with Crippen molar-refractivity contribution >= 4 is 52.1 Å². The lowest BCUT2D eigenvalue weighted by Gasteiger charge is -2.40. The summed E-state index contributed by atoms with van der Waals surface area (Å²) in [5.41, 5.74) is 3.43. The number of nitrogens with one attached hydrogen (secondary N) is 1. The van der Waals surface area contributed by atoms with E-state index in [2.05, 4.69) is 15.5 Å². The highest BCUT2D eigenvalue weighted by molar-refractivity contribution is 7.13. The van der Waals surface area contributed by atoms with Crippen LogP contribution in [0.3, 0.4) is 0 Å². The highest BCUT2D eigenvalue weighted by atomic mass is 32.1. The number of hydrogen-bond acceptors (Lipinski definition) is 10. The Labute approximate surface area is 197 Å². The highest BCUT2D eigenvalue weighted by Gasteiger charge is 2.59. The SMILES string of the molecule is CC1CCC[N+]1(C(=O)O)C(=O)N1C[C@H](NC(=O)C(=NOC(C)(C)C(=O)O)c2csc(N)n2)C1=O. The lowest BCUT2D eigenvalue weighted by Crippen LogP contribution is -2.73. The van der Waals surface area contributed by atoms with Crippen molar-refractivity contribution in [3.05, 3.63) is 11.1 Å². The van der Waals surface area contributed by atoms with E-state index in [0.29, 0.717) is 12.8 Å². The summed E-state index contributed by atoms with van der Waals surface area (Å²) in [6.45, 7) is 3.95. The Hall–Kier alpha value is -3.59. The summed E-state index contributed by atoms with van der Waals surface area (Å²) >= 11 is 1.01. The van der Waals surface area contributed by atoms with Crippen molar-refractivity contribution in [2.45, 2.75) is 51.3 Å². The Morgan fingerprint density at radius 1 is 1.35 bits per heavy atom. The lowest BCUT2D eigenvalue weighted by molar-refractivity contribution is -0.790. The molecule has 0 radical (unpaired) electrons. The van der Waals surface area contributed by atoms with E-state index >= 15 is 0 Å². The van der Waals surface area contributed by atoms with Crippen molar-refractivity contribution in [2.24, 2.45) is 5.16 Å². The molecular formula is C19H25N6O8S+. The molecule has 14 nitrogen and oxygen atoms in total. The summed E-state index contributed by atoms with van der Waals surface area (Å²) in [5.74, 6) is -3.00. The second kappa shape index (κ2) is 8.98. The summed E-state index contributed by atoms with van der Waals surface area (Å²) in [4.78, 5) is 71.3. The number of carbonyl (C=O) groups is 5. The van der Waals surface area contributed by atoms with E-state index in [1.807, 2.05) is 0 Å². The molecule has 0 aromatic carbocycles. The van der Waals surface area contributed by atoms with Gasteiger partial charge in [-0.3, -0.25) is 9.59 Å². The molecule has 2 fully saturated rings. The Bertz CT molecular complexity index is 1080. The predicted molar refractivity (Wildman–Crippen MR) is 117 cm³/mol. The number of carboxylic acid groups (broad SMARTS) is 2. The number of oxime groups is 1. The number of likely N-dealkylation sites (tertiary alicyclic amines) is 2. The number of quaternary nitrogens is 1. The highest BCUT2D eigenvalue weighted by Crippen LogP contribution is 2.31. The first-order valence-corrected chi connectivity index (χ1v) is 11.2. The number of aromatic nitrogens is 1. The smallest absolute Gasteiger partial charge is 0.478 e. The third-order valence-corrected chi connectivity index (χ3v) is 6.57. The number of rotatable bonds is 6. The lowest BCUT2D eigenvalue weighted by atomic mass is 10.1. The van der Waals surface area contributed by atoms with Gasteiger partial charge in [0.1, 0.15) is 17.8 Å². The molecule has 0 aliphatic carbocycles. The summed E-state index contributed by atoms with van der Waals surface area (Å²) in [6.07, 6.45) is -0.266. The number of urea groups is 1. The van der Waals surface area contributed by atoms with Gasteiger partial charge in [0, 0.05) is 18.2 Å². The molecule has 5 amide bonds. The maximum Gasteiger partial charge on any atom is 0.523 e. The van der Waals surface area contributed by atoms with Gasteiger partial charge in [-0.2, -0.15) is 4.79 Å². The molecule has 3 heterocycles. The number of nitrogens with two attached hydrogens (primary N) is 1. The zero-order valence-electron chi connectivity index (χ0n) is 18.7. The number of nitrogens with zero attached hydrogens (tertiary/aromatic N) is 4. The first-order valence-electron chi connectivity index (χ1n) is 10.3. The topological polar surface area (TPSA) is 202 Å². The number of carbonyl (C=O) groups excluding carboxylic acids is 3. The first-order chi connectivity index (χ1) is 15.8. The normalized spacial score (nSPS) is 25.0. The molecule has 2 unspecified atom stereocenters. The van der Waals surface area contributed by atoms with Crippen molar-refractivity contribution in [3.8, 4) is 0 Å². The molecule has 2 saturated heterocycles. The fraction of sp³-hybridized carbons (Fsp3) is 0.526. The first kappa shape index (κ1) is 25.0. The summed E-state index contributed by atoms with van der Waals surface area (Å²) in [6, 6.07) is -2.45. The van der Waals surface area contributed by atoms with E-state index in [-0.39, 0.29) is 23.9 Å². The van der Waals surface area contributed by atoms with Gasteiger partial charge in [-0.15, -0.1) is 15.8 Å². The van der Waals surface area contributed by atoms with E-state index < -0.39 is 57.8 Å². The van der Waals surface area contributed by atoms with E-state index in [1.165, 1.54) is 19.2 Å². The van der Waals surface area contributed by atoms with Gasteiger partial charge in [-0.05, 0) is 20.8 Å². The number of thiazole rings is 1. The molecule has 2 aliphatic rings. The Kier molecular flexibility index (Phi) is 6.61. The standard InChI is InChI=1S/C19H24N6O8S/c1-9-5-4-6-25(9,18(31)32)17(30)24-7-10(14(24)27)21-13(26)12(11-8-34-16(20)22-11)23-33-19(2,3)15(28)29/h8-10H,4-7H2,1-3H3,(H4-,20,21,22,26,28,29,31,32)/p+1/t9?,10-,25?/m0/s1. The van der Waals surface area contributed by atoms with Gasteiger partial charge in [0.15, 0.2) is 10.8 Å². The Morgan fingerprint density at radius 3 is 2.50 bits per heavy atom. The molecule has 184 valence electrons. The molecule has 0 bridgehead atoms. The van der Waals surface area contributed by atoms with E-state index in [1.54, 1.807) is 6.92 Å². The van der Waals surface area contributed by atoms with E-state index in [9.17, 15) is 34.2 Å². The molecule has 1 aromatic heterocycles. The number of nitrogen functional groups attached to an aromatic ring is 1. The van der Waals surface area contributed by atoms with Gasteiger partial charge in [0.05, 0.1) is 13.1 Å². The van der Waals surface area contributed by atoms with Crippen LogP contribution < -0.4 is 11.1 Å². The molecule has 3 rings (SSSR count). The third-order valence-electron chi connectivity index (χ3n) is 5.89. The van der Waals surface area contributed by atoms with Gasteiger partial charge >= 0.3 is 18.1 Å². The van der Waals surface area contributed by atoms with Crippen LogP contribution in [-0.2, 0) is 19.2 Å². The molecule has 15 heteroatoms. The predicted octanol–water partition coefficient (Wildman–Crippen LogP) is 0.433. The van der Waals surface area contributed by atoms with Crippen LogP contribution in [0.4, 0.5) is 14.7 Å². The summed E-state index contributed by atoms with van der Waals surface area (Å²) < 4.78 is -0.866. The van der Waals surface area contributed by atoms with Crippen molar-refractivity contribution < 1.29 is 43.5 Å². The van der Waals surface area contributed by atoms with Crippen LogP contribution in [0.2, 0.25) is 0 Å². The molecule has 3 atom stereocenters. The van der Waals surface area contributed by atoms with Crippen LogP contribution in [-0.4, -0.2) is 91.0 Å². The van der Waals surface area contributed by atoms with Crippen LogP contribution >= 0.6 is 11.3 Å². The molecule has 34 heavy (non-hydrogen) atoms. The minimum atomic E-state index is -1.76. The van der Waals surface area contributed by atoms with Crippen molar-refractivity contribution in [2.75, 3.05) is 18.8 Å². The summed E-state index contributed by atoms with van der Waals surface area (Å²) in [5, 5.41) is 26.4. The number of imide groups is 2. The van der Waals surface area contributed by atoms with Gasteiger partial charge in [-0.1, -0.05) is 5.16 Å². The average Bonchev–Trinajstić information content (AvgIpc) is 3.36. The molecule has 2 aliphatic heterocycles. The van der Waals surface area contributed by atoms with Crippen LogP contribution in [0, 0.1) is 0 Å². The maximum atomic E-state index is 12.9. The van der Waals surface area contributed by atoms with Gasteiger partial charge in [0.25, 0.3) is 11.8 Å². The van der Waals surface area contributed by atoms with Crippen molar-refractivity contribution in [1.82, 2.24) is 15.2 Å². The number of hydrogen-bond donors (Lipinski definition) is 4. The van der Waals surface area contributed by atoms with Crippen molar-refractivity contribution in [3.63, 3.8) is 0 Å². The van der Waals surface area contributed by atoms with Gasteiger partial charge in [0.2, 0.25) is 5.60 Å². The van der Waals surface area contributed by atoms with E-state index in [0.717, 1.165) is 16.2 Å². The number of anilines is 1. The van der Waals surface area contributed by atoms with Crippen LogP contribution in [0.1, 0.15) is 39.3 Å². The monoisotopic (exact) mass is 497 g/mol. The second-order valence-electron chi connectivity index (χ2n) is 8.54. The third kappa shape index (κ3) is 4.31. The fourth-order valence-corrected chi connectivity index (χ4v) is 4.22. The zero-order chi connectivity index (χ0) is 25.4. The average molecular weight is 498 g/mol. The zero-order valence-corrected chi connectivity index (χ0v) is 19.5. The van der Waals surface area contributed by atoms with Crippen LogP contribution in [0.5, 0.6) is 0 Å². The minimum Gasteiger partial charge on any atom is -0.478 e.